The maximum atomic E-state index is 12.5. The lowest BCUT2D eigenvalue weighted by atomic mass is 10.0. The van der Waals surface area contributed by atoms with Gasteiger partial charge in [0, 0.05) is 23.8 Å². The molecule has 1 aliphatic rings. The summed E-state index contributed by atoms with van der Waals surface area (Å²) in [6, 6.07) is 4.41. The van der Waals surface area contributed by atoms with Crippen molar-refractivity contribution in [3.63, 3.8) is 0 Å². The second kappa shape index (κ2) is 12.0. The predicted molar refractivity (Wildman–Crippen MR) is 116 cm³/mol. The van der Waals surface area contributed by atoms with Gasteiger partial charge in [0.05, 0.1) is 0 Å². The summed E-state index contributed by atoms with van der Waals surface area (Å²) in [4.78, 5) is 35.9. The number of nitrogens with one attached hydrogen (secondary N) is 2. The summed E-state index contributed by atoms with van der Waals surface area (Å²) in [5, 5.41) is 24.2. The summed E-state index contributed by atoms with van der Waals surface area (Å²) >= 11 is 0. The molecular formula is C20H28N2O5S2. The van der Waals surface area contributed by atoms with E-state index in [1.807, 2.05) is 21.6 Å². The molecule has 2 unspecified atom stereocenters. The van der Waals surface area contributed by atoms with Crippen LogP contribution >= 0.6 is 21.6 Å². The maximum absolute atomic E-state index is 12.5. The molecule has 3 atom stereocenters. The summed E-state index contributed by atoms with van der Waals surface area (Å²) in [6.07, 6.45) is 4.58. The van der Waals surface area contributed by atoms with Crippen molar-refractivity contribution in [3.05, 3.63) is 29.8 Å². The van der Waals surface area contributed by atoms with Gasteiger partial charge in [0.1, 0.15) is 17.8 Å². The number of unbranched alkanes of at least 4 members (excludes halogenated alkanes) is 1. The number of carboxylic acid groups (broad SMARTS) is 1. The molecule has 160 valence electrons. The lowest BCUT2D eigenvalue weighted by Gasteiger charge is -2.20. The van der Waals surface area contributed by atoms with Crippen molar-refractivity contribution in [1.82, 2.24) is 10.6 Å². The molecule has 0 radical (unpaired) electrons. The fourth-order valence-corrected chi connectivity index (χ4v) is 5.97. The van der Waals surface area contributed by atoms with Gasteiger partial charge in [-0.3, -0.25) is 14.4 Å². The van der Waals surface area contributed by atoms with Crippen molar-refractivity contribution < 1.29 is 24.6 Å². The molecule has 1 fully saturated rings. The van der Waals surface area contributed by atoms with Crippen LogP contribution in [0.1, 0.15) is 44.6 Å². The smallest absolute Gasteiger partial charge is 0.325 e. The van der Waals surface area contributed by atoms with E-state index >= 15 is 0 Å². The third-order valence-corrected chi connectivity index (χ3v) is 7.67. The Morgan fingerprint density at radius 3 is 2.52 bits per heavy atom. The molecule has 9 heteroatoms. The second-order valence-electron chi connectivity index (χ2n) is 7.13. The van der Waals surface area contributed by atoms with Crippen molar-refractivity contribution in [1.29, 1.82) is 0 Å². The number of carboxylic acids is 1. The van der Waals surface area contributed by atoms with E-state index in [0.717, 1.165) is 24.8 Å². The first kappa shape index (κ1) is 23.4. The highest BCUT2D eigenvalue weighted by molar-refractivity contribution is 8.77. The largest absolute Gasteiger partial charge is 0.508 e. The van der Waals surface area contributed by atoms with Crippen LogP contribution in [0.5, 0.6) is 5.75 Å². The van der Waals surface area contributed by atoms with Gasteiger partial charge in [0.15, 0.2) is 0 Å². The molecular weight excluding hydrogens is 412 g/mol. The lowest BCUT2D eigenvalue weighted by Crippen LogP contribution is -2.51. The minimum Gasteiger partial charge on any atom is -0.508 e. The monoisotopic (exact) mass is 440 g/mol. The van der Waals surface area contributed by atoms with Crippen molar-refractivity contribution in [2.75, 3.05) is 5.75 Å². The van der Waals surface area contributed by atoms with Crippen LogP contribution in [0.4, 0.5) is 0 Å². The zero-order valence-corrected chi connectivity index (χ0v) is 18.1. The predicted octanol–water partition coefficient (Wildman–Crippen LogP) is 2.72. The van der Waals surface area contributed by atoms with Crippen LogP contribution in [0, 0.1) is 0 Å². The molecule has 2 amide bonds. The number of amides is 2. The minimum absolute atomic E-state index is 0.108. The van der Waals surface area contributed by atoms with Gasteiger partial charge >= 0.3 is 5.97 Å². The Balaban J connectivity index is 1.88. The summed E-state index contributed by atoms with van der Waals surface area (Å²) in [6.45, 7) is 1.37. The Morgan fingerprint density at radius 2 is 1.90 bits per heavy atom. The zero-order chi connectivity index (χ0) is 21.2. The summed E-state index contributed by atoms with van der Waals surface area (Å²) in [5.74, 6) is -0.604. The van der Waals surface area contributed by atoms with Crippen LogP contribution in [0.15, 0.2) is 24.3 Å². The zero-order valence-electron chi connectivity index (χ0n) is 16.4. The first-order chi connectivity index (χ1) is 13.8. The Hall–Kier alpha value is -1.87. The van der Waals surface area contributed by atoms with Crippen LogP contribution in [-0.4, -0.2) is 51.1 Å². The number of hydrogen-bond donors (Lipinski definition) is 4. The first-order valence-electron chi connectivity index (χ1n) is 9.74. The van der Waals surface area contributed by atoms with Crippen molar-refractivity contribution >= 4 is 39.4 Å². The van der Waals surface area contributed by atoms with E-state index < -0.39 is 24.0 Å². The van der Waals surface area contributed by atoms with Gasteiger partial charge < -0.3 is 20.8 Å². The highest BCUT2D eigenvalue weighted by Gasteiger charge is 2.24. The topological polar surface area (TPSA) is 116 Å². The van der Waals surface area contributed by atoms with Crippen LogP contribution in [0.3, 0.4) is 0 Å². The number of hydrogen-bond acceptors (Lipinski definition) is 6. The van der Waals surface area contributed by atoms with Gasteiger partial charge in [-0.1, -0.05) is 40.1 Å². The van der Waals surface area contributed by atoms with Gasteiger partial charge in [0.2, 0.25) is 11.8 Å². The Morgan fingerprint density at radius 1 is 1.17 bits per heavy atom. The van der Waals surface area contributed by atoms with Gasteiger partial charge in [-0.25, -0.2) is 0 Å². The van der Waals surface area contributed by atoms with E-state index in [4.69, 9.17) is 5.11 Å². The number of aliphatic carboxylic acids is 1. The molecule has 0 aromatic heterocycles. The van der Waals surface area contributed by atoms with Crippen LogP contribution in [0.25, 0.3) is 0 Å². The quantitative estimate of drug-likeness (QED) is 0.309. The van der Waals surface area contributed by atoms with E-state index in [9.17, 15) is 19.5 Å². The second-order valence-corrected chi connectivity index (χ2v) is 9.92. The Bertz CT molecular complexity index is 693. The van der Waals surface area contributed by atoms with E-state index in [1.165, 1.54) is 31.2 Å². The number of carbonyl (C=O) groups is 3. The Labute approximate surface area is 178 Å². The molecule has 29 heavy (non-hydrogen) atoms. The van der Waals surface area contributed by atoms with Crippen LogP contribution < -0.4 is 10.6 Å². The number of aromatic hydroxyl groups is 1. The molecule has 1 aromatic rings. The lowest BCUT2D eigenvalue weighted by molar-refractivity contribution is -0.141. The Kier molecular flexibility index (Phi) is 9.66. The maximum Gasteiger partial charge on any atom is 0.325 e. The fourth-order valence-electron chi connectivity index (χ4n) is 2.94. The molecule has 0 aliphatic carbocycles. The SMILES string of the molecule is CC(NC(=O)C(Cc1ccc(O)cc1)NC(=O)CCCC[C@@H]1CCSS1)C(=O)O. The van der Waals surface area contributed by atoms with E-state index in [2.05, 4.69) is 10.6 Å². The molecule has 2 rings (SSSR count). The molecule has 1 aliphatic heterocycles. The van der Waals surface area contributed by atoms with E-state index in [1.54, 1.807) is 12.1 Å². The highest BCUT2D eigenvalue weighted by atomic mass is 33.1. The van der Waals surface area contributed by atoms with Crippen LogP contribution in [0.2, 0.25) is 0 Å². The van der Waals surface area contributed by atoms with Gasteiger partial charge in [0.25, 0.3) is 0 Å². The molecule has 4 N–H and O–H groups in total. The molecule has 0 saturated carbocycles. The molecule has 1 heterocycles. The van der Waals surface area contributed by atoms with Gasteiger partial charge in [-0.15, -0.1) is 0 Å². The molecule has 0 spiro atoms. The van der Waals surface area contributed by atoms with E-state index in [0.29, 0.717) is 11.7 Å². The molecule has 1 saturated heterocycles. The number of benzene rings is 1. The number of rotatable bonds is 11. The fraction of sp³-hybridized carbons (Fsp3) is 0.550. The number of phenolic OH excluding ortho intramolecular Hbond substituents is 1. The summed E-state index contributed by atoms with van der Waals surface area (Å²) in [5.41, 5.74) is 0.752. The van der Waals surface area contributed by atoms with Crippen LogP contribution in [-0.2, 0) is 20.8 Å². The summed E-state index contributed by atoms with van der Waals surface area (Å²) in [7, 11) is 3.83. The van der Waals surface area contributed by atoms with Crippen molar-refractivity contribution in [3.8, 4) is 5.75 Å². The van der Waals surface area contributed by atoms with Gasteiger partial charge in [-0.05, 0) is 43.9 Å². The number of carbonyl (C=O) groups excluding carboxylic acids is 2. The normalized spacial score (nSPS) is 18.0. The minimum atomic E-state index is -1.14. The molecule has 7 nitrogen and oxygen atoms in total. The van der Waals surface area contributed by atoms with Gasteiger partial charge in [-0.2, -0.15) is 0 Å². The van der Waals surface area contributed by atoms with Crippen molar-refractivity contribution in [2.24, 2.45) is 0 Å². The molecule has 1 aromatic carbocycles. The average Bonchev–Trinajstić information content (AvgIpc) is 3.19. The van der Waals surface area contributed by atoms with E-state index in [-0.39, 0.29) is 18.1 Å². The first-order valence-corrected chi connectivity index (χ1v) is 12.1. The standard InChI is InChI=1S/C20H28N2O5S2/c1-13(20(26)27)21-19(25)17(12-14-6-8-15(23)9-7-14)22-18(24)5-3-2-4-16-10-11-28-29-16/h6-9,13,16-17,23H,2-5,10-12H2,1H3,(H,21,25)(H,22,24)(H,26,27)/t13?,16-,17?/m1/s1. The average molecular weight is 441 g/mol. The number of phenols is 1. The summed E-state index contributed by atoms with van der Waals surface area (Å²) < 4.78 is 0. The van der Waals surface area contributed by atoms with Crippen molar-refractivity contribution in [2.45, 2.75) is 62.8 Å². The third kappa shape index (κ3) is 8.57. The molecule has 0 bridgehead atoms. The third-order valence-electron chi connectivity index (χ3n) is 4.66. The highest BCUT2D eigenvalue weighted by Crippen LogP contribution is 2.39.